The lowest BCUT2D eigenvalue weighted by molar-refractivity contribution is 0.102. The van der Waals surface area contributed by atoms with Crippen molar-refractivity contribution in [2.45, 2.75) is 6.92 Å². The lowest BCUT2D eigenvalue weighted by atomic mass is 10.1. The lowest BCUT2D eigenvalue weighted by Gasteiger charge is -2.12. The molecule has 4 rings (SSSR count). The summed E-state index contributed by atoms with van der Waals surface area (Å²) in [5.41, 5.74) is 3.43. The van der Waals surface area contributed by atoms with Crippen molar-refractivity contribution < 1.29 is 9.53 Å². The van der Waals surface area contributed by atoms with Gasteiger partial charge >= 0.3 is 0 Å². The molecule has 2 aromatic carbocycles. The molecule has 2 aromatic heterocycles. The van der Waals surface area contributed by atoms with E-state index in [-0.39, 0.29) is 5.91 Å². The maximum absolute atomic E-state index is 13.1. The molecule has 2 heterocycles. The van der Waals surface area contributed by atoms with Gasteiger partial charge in [0.05, 0.1) is 47.7 Å². The van der Waals surface area contributed by atoms with Crippen LogP contribution in [0.15, 0.2) is 60.9 Å². The van der Waals surface area contributed by atoms with E-state index in [0.29, 0.717) is 22.0 Å². The van der Waals surface area contributed by atoms with Crippen molar-refractivity contribution in [2.24, 2.45) is 0 Å². The molecule has 0 spiro atoms. The van der Waals surface area contributed by atoms with Gasteiger partial charge in [-0.15, -0.1) is 0 Å². The summed E-state index contributed by atoms with van der Waals surface area (Å²) in [6.45, 7) is 1.89. The zero-order chi connectivity index (χ0) is 19.7. The van der Waals surface area contributed by atoms with Gasteiger partial charge in [0.1, 0.15) is 0 Å². The molecule has 140 valence electrons. The second-order valence-corrected chi connectivity index (χ2v) is 6.64. The molecule has 28 heavy (non-hydrogen) atoms. The number of anilines is 1. The summed E-state index contributed by atoms with van der Waals surface area (Å²) in [6, 6.07) is 14.8. The maximum atomic E-state index is 13.1. The second-order valence-electron chi connectivity index (χ2n) is 6.20. The van der Waals surface area contributed by atoms with Crippen molar-refractivity contribution in [3.05, 3.63) is 77.2 Å². The number of hydrogen-bond donors (Lipinski definition) is 1. The predicted octanol–water partition coefficient (Wildman–Crippen LogP) is 4.64. The molecule has 0 unspecified atom stereocenters. The minimum absolute atomic E-state index is 0.283. The standard InChI is InChI=1S/C21H17ClN4O2/c1-13-18(11-24-26(13)15-9-7-14(22)8-10-15)25-21(27)20-16-5-3-4-6-17(16)23-12-19(20)28-2/h3-12H,1-2H3,(H,25,27). The van der Waals surface area contributed by atoms with Crippen LogP contribution in [0.25, 0.3) is 16.6 Å². The molecule has 0 saturated heterocycles. The molecule has 0 saturated carbocycles. The highest BCUT2D eigenvalue weighted by Crippen LogP contribution is 2.28. The number of hydrogen-bond acceptors (Lipinski definition) is 4. The highest BCUT2D eigenvalue weighted by molar-refractivity contribution is 6.30. The zero-order valence-electron chi connectivity index (χ0n) is 15.3. The molecule has 0 aliphatic carbocycles. The SMILES string of the molecule is COc1cnc2ccccc2c1C(=O)Nc1cnn(-c2ccc(Cl)cc2)c1C. The van der Waals surface area contributed by atoms with Gasteiger partial charge in [-0.25, -0.2) is 4.68 Å². The smallest absolute Gasteiger partial charge is 0.260 e. The van der Waals surface area contributed by atoms with Gasteiger partial charge in [-0.05, 0) is 37.3 Å². The quantitative estimate of drug-likeness (QED) is 0.549. The first-order valence-electron chi connectivity index (χ1n) is 8.62. The average Bonchev–Trinajstić information content (AvgIpc) is 3.07. The summed E-state index contributed by atoms with van der Waals surface area (Å²) in [5.74, 6) is 0.133. The van der Waals surface area contributed by atoms with Crippen molar-refractivity contribution in [3.8, 4) is 11.4 Å². The molecule has 1 amide bonds. The Labute approximate surface area is 166 Å². The summed E-state index contributed by atoms with van der Waals surface area (Å²) in [5, 5.41) is 8.70. The van der Waals surface area contributed by atoms with Gasteiger partial charge in [0.15, 0.2) is 5.75 Å². The first-order chi connectivity index (χ1) is 13.6. The number of rotatable bonds is 4. The molecule has 0 fully saturated rings. The number of nitrogens with zero attached hydrogens (tertiary/aromatic N) is 3. The van der Waals surface area contributed by atoms with E-state index in [4.69, 9.17) is 16.3 Å². The third-order valence-corrected chi connectivity index (χ3v) is 4.77. The fourth-order valence-electron chi connectivity index (χ4n) is 3.07. The van der Waals surface area contributed by atoms with Gasteiger partial charge < -0.3 is 10.1 Å². The Balaban J connectivity index is 1.70. The van der Waals surface area contributed by atoms with E-state index < -0.39 is 0 Å². The number of nitrogens with one attached hydrogen (secondary N) is 1. The lowest BCUT2D eigenvalue weighted by Crippen LogP contribution is -2.14. The molecule has 1 N–H and O–H groups in total. The Bertz CT molecular complexity index is 1170. The zero-order valence-corrected chi connectivity index (χ0v) is 16.1. The van der Waals surface area contributed by atoms with E-state index in [1.165, 1.54) is 7.11 Å². The van der Waals surface area contributed by atoms with E-state index >= 15 is 0 Å². The van der Waals surface area contributed by atoms with E-state index in [2.05, 4.69) is 15.4 Å². The van der Waals surface area contributed by atoms with Crippen molar-refractivity contribution in [2.75, 3.05) is 12.4 Å². The number of para-hydroxylation sites is 1. The molecule has 0 radical (unpaired) electrons. The van der Waals surface area contributed by atoms with Crippen LogP contribution in [0.4, 0.5) is 5.69 Å². The number of carbonyl (C=O) groups is 1. The van der Waals surface area contributed by atoms with Crippen LogP contribution in [0.1, 0.15) is 16.1 Å². The van der Waals surface area contributed by atoms with Crippen LogP contribution in [0, 0.1) is 6.92 Å². The minimum Gasteiger partial charge on any atom is -0.494 e. The fraction of sp³-hybridized carbons (Fsp3) is 0.0952. The third-order valence-electron chi connectivity index (χ3n) is 4.52. The van der Waals surface area contributed by atoms with Crippen molar-refractivity contribution in [3.63, 3.8) is 0 Å². The molecule has 6 nitrogen and oxygen atoms in total. The second kappa shape index (κ2) is 7.32. The molecule has 0 aliphatic heterocycles. The summed E-state index contributed by atoms with van der Waals surface area (Å²) < 4.78 is 7.12. The number of halogens is 1. The van der Waals surface area contributed by atoms with Crippen LogP contribution in [0.5, 0.6) is 5.75 Å². The number of pyridine rings is 1. The molecule has 7 heteroatoms. The van der Waals surface area contributed by atoms with E-state index in [1.54, 1.807) is 29.2 Å². The third kappa shape index (κ3) is 3.18. The van der Waals surface area contributed by atoms with E-state index in [0.717, 1.165) is 22.3 Å². The summed E-state index contributed by atoms with van der Waals surface area (Å²) in [4.78, 5) is 17.4. The van der Waals surface area contributed by atoms with Gasteiger partial charge in [0, 0.05) is 10.4 Å². The molecule has 0 aliphatic rings. The van der Waals surface area contributed by atoms with Gasteiger partial charge in [-0.3, -0.25) is 9.78 Å². The van der Waals surface area contributed by atoms with Gasteiger partial charge in [0.2, 0.25) is 0 Å². The van der Waals surface area contributed by atoms with Crippen LogP contribution in [-0.2, 0) is 0 Å². The van der Waals surface area contributed by atoms with Crippen molar-refractivity contribution >= 4 is 34.1 Å². The number of aromatic nitrogens is 3. The maximum Gasteiger partial charge on any atom is 0.260 e. The molecular weight excluding hydrogens is 376 g/mol. The summed E-state index contributed by atoms with van der Waals surface area (Å²) >= 11 is 5.95. The summed E-state index contributed by atoms with van der Waals surface area (Å²) in [7, 11) is 1.52. The monoisotopic (exact) mass is 392 g/mol. The van der Waals surface area contributed by atoms with Gasteiger partial charge in [-0.2, -0.15) is 5.10 Å². The van der Waals surface area contributed by atoms with E-state index in [9.17, 15) is 4.79 Å². The number of carbonyl (C=O) groups excluding carboxylic acids is 1. The van der Waals surface area contributed by atoms with Crippen LogP contribution >= 0.6 is 11.6 Å². The topological polar surface area (TPSA) is 69.0 Å². The van der Waals surface area contributed by atoms with Crippen LogP contribution in [0.3, 0.4) is 0 Å². The average molecular weight is 393 g/mol. The minimum atomic E-state index is -0.283. The normalized spacial score (nSPS) is 10.8. The number of amides is 1. The van der Waals surface area contributed by atoms with Gasteiger partial charge in [0.25, 0.3) is 5.91 Å². The molecule has 4 aromatic rings. The molecular formula is C21H17ClN4O2. The Hall–Kier alpha value is -3.38. The Morgan fingerprint density at radius 3 is 2.61 bits per heavy atom. The van der Waals surface area contributed by atoms with E-state index in [1.807, 2.05) is 43.3 Å². The summed E-state index contributed by atoms with van der Waals surface area (Å²) in [6.07, 6.45) is 3.18. The van der Waals surface area contributed by atoms with Crippen molar-refractivity contribution in [1.82, 2.24) is 14.8 Å². The van der Waals surface area contributed by atoms with Gasteiger partial charge in [-0.1, -0.05) is 29.8 Å². The fourth-order valence-corrected chi connectivity index (χ4v) is 3.20. The highest BCUT2D eigenvalue weighted by atomic mass is 35.5. The number of benzene rings is 2. The molecule has 0 atom stereocenters. The highest BCUT2D eigenvalue weighted by Gasteiger charge is 2.19. The molecule has 0 bridgehead atoms. The van der Waals surface area contributed by atoms with Crippen molar-refractivity contribution in [1.29, 1.82) is 0 Å². The Morgan fingerprint density at radius 2 is 1.86 bits per heavy atom. The number of fused-ring (bicyclic) bond motifs is 1. The van der Waals surface area contributed by atoms with Crippen LogP contribution in [0.2, 0.25) is 5.02 Å². The van der Waals surface area contributed by atoms with Crippen LogP contribution in [-0.4, -0.2) is 27.8 Å². The first-order valence-corrected chi connectivity index (χ1v) is 9.00. The first kappa shape index (κ1) is 18.0. The Kier molecular flexibility index (Phi) is 4.71. The number of methoxy groups -OCH3 is 1. The van der Waals surface area contributed by atoms with Crippen LogP contribution < -0.4 is 10.1 Å². The largest absolute Gasteiger partial charge is 0.494 e. The Morgan fingerprint density at radius 1 is 1.11 bits per heavy atom. The predicted molar refractivity (Wildman–Crippen MR) is 110 cm³/mol. The number of ether oxygens (including phenoxy) is 1.